The lowest BCUT2D eigenvalue weighted by Gasteiger charge is -2.18. The zero-order chi connectivity index (χ0) is 50.6. The van der Waals surface area contributed by atoms with Crippen LogP contribution in [0.25, 0.3) is 0 Å². The molecule has 0 amide bonds. The largest absolute Gasteiger partial charge is 0.462 e. The van der Waals surface area contributed by atoms with Crippen LogP contribution in [0, 0.1) is 0 Å². The molecular formula is C65H116O5. The van der Waals surface area contributed by atoms with Gasteiger partial charge in [0.2, 0.25) is 0 Å². The van der Waals surface area contributed by atoms with Crippen molar-refractivity contribution in [3.8, 4) is 0 Å². The van der Waals surface area contributed by atoms with Crippen LogP contribution in [0.5, 0.6) is 0 Å². The SMILES string of the molecule is CC/C=C\C/C=C\C/C=C\C/C=C\CCCCCCCCC(=O)OCC(COCCCCCCCC/C=C\C/C=C\CCCCC)OC(=O)CCCCCCCCCCCCCCCCCCCCC. The maximum Gasteiger partial charge on any atom is 0.306 e. The second kappa shape index (κ2) is 60.6. The van der Waals surface area contributed by atoms with Crippen molar-refractivity contribution in [2.45, 2.75) is 309 Å². The molecule has 0 fully saturated rings. The third-order valence-electron chi connectivity index (χ3n) is 13.2. The van der Waals surface area contributed by atoms with Crippen LogP contribution in [-0.4, -0.2) is 37.9 Å². The highest BCUT2D eigenvalue weighted by molar-refractivity contribution is 5.70. The van der Waals surface area contributed by atoms with E-state index in [9.17, 15) is 9.59 Å². The Morgan fingerprint density at radius 1 is 0.329 bits per heavy atom. The first kappa shape index (κ1) is 67.3. The summed E-state index contributed by atoms with van der Waals surface area (Å²) in [6, 6.07) is 0. The molecule has 0 saturated heterocycles. The van der Waals surface area contributed by atoms with Crippen molar-refractivity contribution >= 4 is 11.9 Å². The van der Waals surface area contributed by atoms with Crippen LogP contribution in [0.3, 0.4) is 0 Å². The van der Waals surface area contributed by atoms with Crippen molar-refractivity contribution in [1.82, 2.24) is 0 Å². The van der Waals surface area contributed by atoms with Crippen molar-refractivity contribution in [3.63, 3.8) is 0 Å². The maximum absolute atomic E-state index is 12.9. The van der Waals surface area contributed by atoms with Gasteiger partial charge in [0, 0.05) is 19.4 Å². The smallest absolute Gasteiger partial charge is 0.306 e. The van der Waals surface area contributed by atoms with Gasteiger partial charge in [0.15, 0.2) is 6.10 Å². The van der Waals surface area contributed by atoms with Crippen LogP contribution in [0.15, 0.2) is 72.9 Å². The first-order chi connectivity index (χ1) is 34.6. The van der Waals surface area contributed by atoms with E-state index in [1.54, 1.807) is 0 Å². The average Bonchev–Trinajstić information content (AvgIpc) is 3.36. The summed E-state index contributed by atoms with van der Waals surface area (Å²) in [5.41, 5.74) is 0. The number of hydrogen-bond acceptors (Lipinski definition) is 5. The number of esters is 2. The van der Waals surface area contributed by atoms with E-state index in [1.807, 2.05) is 0 Å². The quantitative estimate of drug-likeness (QED) is 0.0345. The van der Waals surface area contributed by atoms with Crippen molar-refractivity contribution in [1.29, 1.82) is 0 Å². The molecule has 0 aromatic carbocycles. The minimum Gasteiger partial charge on any atom is -0.462 e. The molecule has 0 spiro atoms. The fourth-order valence-electron chi connectivity index (χ4n) is 8.71. The molecule has 1 atom stereocenters. The standard InChI is InChI=1S/C65H116O5/c1-4-7-10-13-16-19-22-25-28-31-33-35-37-40-43-46-49-52-55-58-64(66)69-62-63(61-68-60-57-54-51-48-45-42-39-30-27-24-21-18-15-12-9-6-3)70-65(67)59-56-53-50-47-44-41-38-36-34-32-29-26-23-20-17-14-11-8-5-2/h7,10,16,18-19,21,25,27-28,30,33,35,63H,4-6,8-9,11-15,17,20,22-24,26,29,31-32,34,36-62H2,1-3H3/b10-7-,19-16-,21-18-,28-25-,30-27-,35-33-. The summed E-state index contributed by atoms with van der Waals surface area (Å²) in [6.45, 7) is 7.70. The van der Waals surface area contributed by atoms with Crippen LogP contribution in [0.1, 0.15) is 303 Å². The molecule has 0 bridgehead atoms. The third kappa shape index (κ3) is 57.9. The van der Waals surface area contributed by atoms with Gasteiger partial charge in [-0.15, -0.1) is 0 Å². The molecule has 5 heteroatoms. The van der Waals surface area contributed by atoms with Crippen LogP contribution in [-0.2, 0) is 23.8 Å². The van der Waals surface area contributed by atoms with E-state index >= 15 is 0 Å². The van der Waals surface area contributed by atoms with E-state index < -0.39 is 6.10 Å². The Morgan fingerprint density at radius 3 is 1.06 bits per heavy atom. The normalized spacial score (nSPS) is 12.7. The predicted octanol–water partition coefficient (Wildman–Crippen LogP) is 21.0. The Hall–Kier alpha value is -2.66. The van der Waals surface area contributed by atoms with Gasteiger partial charge in [-0.2, -0.15) is 0 Å². The predicted molar refractivity (Wildman–Crippen MR) is 307 cm³/mol. The van der Waals surface area contributed by atoms with Crippen LogP contribution >= 0.6 is 0 Å². The van der Waals surface area contributed by atoms with Crippen molar-refractivity contribution in [3.05, 3.63) is 72.9 Å². The molecule has 406 valence electrons. The number of unbranched alkanes of at least 4 members (excludes halogenated alkanes) is 33. The van der Waals surface area contributed by atoms with Crippen molar-refractivity contribution in [2.75, 3.05) is 19.8 Å². The van der Waals surface area contributed by atoms with Crippen molar-refractivity contribution < 1.29 is 23.8 Å². The lowest BCUT2D eigenvalue weighted by Crippen LogP contribution is -2.30. The molecule has 0 aromatic heterocycles. The highest BCUT2D eigenvalue weighted by Crippen LogP contribution is 2.16. The highest BCUT2D eigenvalue weighted by Gasteiger charge is 2.17. The van der Waals surface area contributed by atoms with E-state index in [4.69, 9.17) is 14.2 Å². The second-order valence-corrected chi connectivity index (χ2v) is 20.2. The van der Waals surface area contributed by atoms with Gasteiger partial charge < -0.3 is 14.2 Å². The summed E-state index contributed by atoms with van der Waals surface area (Å²) in [7, 11) is 0. The molecular weight excluding hydrogens is 861 g/mol. The number of hydrogen-bond donors (Lipinski definition) is 0. The van der Waals surface area contributed by atoms with Gasteiger partial charge in [-0.05, 0) is 89.9 Å². The molecule has 0 aliphatic heterocycles. The molecule has 0 N–H and O–H groups in total. The van der Waals surface area contributed by atoms with Gasteiger partial charge in [0.05, 0.1) is 6.61 Å². The molecule has 0 saturated carbocycles. The summed E-state index contributed by atoms with van der Waals surface area (Å²) in [5.74, 6) is -0.406. The van der Waals surface area contributed by atoms with E-state index in [1.165, 1.54) is 186 Å². The Balaban J connectivity index is 4.29. The summed E-state index contributed by atoms with van der Waals surface area (Å²) in [4.78, 5) is 25.6. The molecule has 70 heavy (non-hydrogen) atoms. The third-order valence-corrected chi connectivity index (χ3v) is 13.2. The Kier molecular flexibility index (Phi) is 58.3. The first-order valence-corrected chi connectivity index (χ1v) is 30.5. The van der Waals surface area contributed by atoms with Gasteiger partial charge in [-0.1, -0.05) is 273 Å². The summed E-state index contributed by atoms with van der Waals surface area (Å²) in [6.07, 6.45) is 79.3. The van der Waals surface area contributed by atoms with Crippen LogP contribution in [0.2, 0.25) is 0 Å². The molecule has 0 aliphatic rings. The first-order valence-electron chi connectivity index (χ1n) is 30.5. The van der Waals surface area contributed by atoms with E-state index in [0.29, 0.717) is 19.4 Å². The Labute approximate surface area is 436 Å². The number of rotatable bonds is 56. The van der Waals surface area contributed by atoms with Gasteiger partial charge in [-0.3, -0.25) is 9.59 Å². The number of carbonyl (C=O) groups excluding carboxylic acids is 2. The summed E-state index contributed by atoms with van der Waals surface area (Å²) < 4.78 is 17.5. The lowest BCUT2D eigenvalue weighted by atomic mass is 10.0. The molecule has 5 nitrogen and oxygen atoms in total. The lowest BCUT2D eigenvalue weighted by molar-refractivity contribution is -0.163. The highest BCUT2D eigenvalue weighted by atomic mass is 16.6. The molecule has 0 heterocycles. The van der Waals surface area contributed by atoms with Crippen LogP contribution < -0.4 is 0 Å². The minimum atomic E-state index is -0.549. The number of ether oxygens (including phenoxy) is 3. The Morgan fingerprint density at radius 2 is 0.643 bits per heavy atom. The minimum absolute atomic E-state index is 0.0742. The van der Waals surface area contributed by atoms with Gasteiger partial charge in [0.1, 0.15) is 6.61 Å². The van der Waals surface area contributed by atoms with Gasteiger partial charge in [0.25, 0.3) is 0 Å². The van der Waals surface area contributed by atoms with E-state index in [2.05, 4.69) is 93.7 Å². The molecule has 0 aliphatic carbocycles. The Bertz CT molecular complexity index is 1240. The van der Waals surface area contributed by atoms with Gasteiger partial charge >= 0.3 is 11.9 Å². The average molecular weight is 978 g/mol. The molecule has 1 unspecified atom stereocenters. The van der Waals surface area contributed by atoms with Crippen LogP contribution in [0.4, 0.5) is 0 Å². The monoisotopic (exact) mass is 977 g/mol. The zero-order valence-electron chi connectivity index (χ0n) is 46.8. The molecule has 0 rings (SSSR count). The van der Waals surface area contributed by atoms with Gasteiger partial charge in [-0.25, -0.2) is 0 Å². The number of allylic oxidation sites excluding steroid dienone is 12. The van der Waals surface area contributed by atoms with Crippen molar-refractivity contribution in [2.24, 2.45) is 0 Å². The molecule has 0 radical (unpaired) electrons. The number of carbonyl (C=O) groups is 2. The second-order valence-electron chi connectivity index (χ2n) is 20.2. The fourth-order valence-corrected chi connectivity index (χ4v) is 8.71. The molecule has 0 aromatic rings. The van der Waals surface area contributed by atoms with E-state index in [0.717, 1.165) is 83.5 Å². The maximum atomic E-state index is 12.9. The topological polar surface area (TPSA) is 61.8 Å². The summed E-state index contributed by atoms with van der Waals surface area (Å²) in [5, 5.41) is 0. The van der Waals surface area contributed by atoms with E-state index in [-0.39, 0.29) is 25.2 Å². The summed E-state index contributed by atoms with van der Waals surface area (Å²) >= 11 is 0. The fraction of sp³-hybridized carbons (Fsp3) is 0.785. The zero-order valence-corrected chi connectivity index (χ0v) is 46.8.